The number of hydrogen-bond acceptors (Lipinski definition) is 7. The number of thiazole rings is 1. The molecule has 0 unspecified atom stereocenters. The van der Waals surface area contributed by atoms with Crippen molar-refractivity contribution in [3.05, 3.63) is 36.7 Å². The average Bonchev–Trinajstić information content (AvgIpc) is 3.26. The quantitative estimate of drug-likeness (QED) is 0.722. The molecular weight excluding hydrogens is 358 g/mol. The molecular formula is C20H23N5OS. The minimum atomic E-state index is 0.187. The van der Waals surface area contributed by atoms with Crippen LogP contribution in [0.3, 0.4) is 0 Å². The Labute approximate surface area is 162 Å². The maximum absolute atomic E-state index is 6.18. The Morgan fingerprint density at radius 3 is 2.85 bits per heavy atom. The van der Waals surface area contributed by atoms with Crippen LogP contribution in [0.5, 0.6) is 5.88 Å². The highest BCUT2D eigenvalue weighted by Crippen LogP contribution is 2.34. The minimum Gasteiger partial charge on any atom is -0.472 e. The van der Waals surface area contributed by atoms with Gasteiger partial charge >= 0.3 is 0 Å². The first-order valence-corrected chi connectivity index (χ1v) is 10.4. The van der Waals surface area contributed by atoms with Crippen molar-refractivity contribution in [1.29, 1.82) is 0 Å². The van der Waals surface area contributed by atoms with Crippen LogP contribution in [0.4, 0.5) is 10.9 Å². The predicted octanol–water partition coefficient (Wildman–Crippen LogP) is 3.95. The summed E-state index contributed by atoms with van der Waals surface area (Å²) in [5.74, 6) is 2.27. The first-order chi connectivity index (χ1) is 13.2. The first kappa shape index (κ1) is 16.7. The molecule has 0 amide bonds. The maximum atomic E-state index is 6.18. The van der Waals surface area contributed by atoms with Gasteiger partial charge in [-0.3, -0.25) is 0 Å². The number of para-hydroxylation sites is 1. The SMILES string of the molecule is C[C@H]1CCN(c2nccnc2OC2CC(Nc3nc4ccccc4s3)C2)C1. The Balaban J connectivity index is 1.19. The van der Waals surface area contributed by atoms with Gasteiger partial charge in [-0.15, -0.1) is 0 Å². The van der Waals surface area contributed by atoms with Crippen molar-refractivity contribution in [1.82, 2.24) is 15.0 Å². The van der Waals surface area contributed by atoms with Crippen molar-refractivity contribution in [2.45, 2.75) is 38.3 Å². The summed E-state index contributed by atoms with van der Waals surface area (Å²) in [5, 5.41) is 4.53. The second-order valence-electron chi connectivity index (χ2n) is 7.56. The van der Waals surface area contributed by atoms with E-state index in [0.29, 0.717) is 17.8 Å². The van der Waals surface area contributed by atoms with Gasteiger partial charge in [-0.2, -0.15) is 0 Å². The molecule has 5 rings (SSSR count). The standard InChI is InChI=1S/C20H23N5OS/c1-13-6-9-25(12-13)18-19(22-8-7-21-18)26-15-10-14(11-15)23-20-24-16-4-2-3-5-17(16)27-20/h2-5,7-8,13-15H,6,9-12H2,1H3,(H,23,24)/t13-,14?,15?/m0/s1. The van der Waals surface area contributed by atoms with E-state index in [2.05, 4.69) is 50.3 Å². The first-order valence-electron chi connectivity index (χ1n) is 9.59. The van der Waals surface area contributed by atoms with E-state index in [1.807, 2.05) is 6.07 Å². The zero-order valence-corrected chi connectivity index (χ0v) is 16.2. The van der Waals surface area contributed by atoms with E-state index in [1.54, 1.807) is 23.7 Å². The molecule has 1 aliphatic heterocycles. The van der Waals surface area contributed by atoms with E-state index in [-0.39, 0.29) is 6.10 Å². The molecule has 140 valence electrons. The number of benzene rings is 1. The molecule has 1 saturated heterocycles. The van der Waals surface area contributed by atoms with Crippen molar-refractivity contribution in [3.8, 4) is 5.88 Å². The summed E-state index contributed by atoms with van der Waals surface area (Å²) in [6, 6.07) is 8.65. The number of nitrogens with zero attached hydrogens (tertiary/aromatic N) is 4. The highest BCUT2D eigenvalue weighted by Gasteiger charge is 2.33. The van der Waals surface area contributed by atoms with Gasteiger partial charge in [0.25, 0.3) is 5.88 Å². The van der Waals surface area contributed by atoms with Crippen molar-refractivity contribution in [3.63, 3.8) is 0 Å². The molecule has 0 spiro atoms. The summed E-state index contributed by atoms with van der Waals surface area (Å²) < 4.78 is 7.40. The molecule has 1 atom stereocenters. The normalized spacial score (nSPS) is 24.8. The summed E-state index contributed by atoms with van der Waals surface area (Å²) in [6.07, 6.45) is 6.78. The van der Waals surface area contributed by atoms with Gasteiger partial charge in [0.2, 0.25) is 0 Å². The lowest BCUT2D eigenvalue weighted by Gasteiger charge is -2.35. The molecule has 7 heteroatoms. The van der Waals surface area contributed by atoms with Crippen LogP contribution < -0.4 is 15.0 Å². The second-order valence-corrected chi connectivity index (χ2v) is 8.59. The summed E-state index contributed by atoms with van der Waals surface area (Å²) in [4.78, 5) is 15.9. The van der Waals surface area contributed by atoms with Crippen LogP contribution in [-0.4, -0.2) is 40.2 Å². The highest BCUT2D eigenvalue weighted by molar-refractivity contribution is 7.22. The zero-order valence-electron chi connectivity index (χ0n) is 15.3. The summed E-state index contributed by atoms with van der Waals surface area (Å²) in [7, 11) is 0. The number of anilines is 2. The number of rotatable bonds is 5. The lowest BCUT2D eigenvalue weighted by atomic mass is 9.89. The van der Waals surface area contributed by atoms with E-state index >= 15 is 0 Å². The van der Waals surface area contributed by atoms with Crippen LogP contribution in [0.2, 0.25) is 0 Å². The van der Waals surface area contributed by atoms with Crippen LogP contribution in [0.25, 0.3) is 10.2 Å². The largest absolute Gasteiger partial charge is 0.472 e. The molecule has 3 heterocycles. The molecule has 0 radical (unpaired) electrons. The van der Waals surface area contributed by atoms with Gasteiger partial charge in [0.15, 0.2) is 10.9 Å². The van der Waals surface area contributed by atoms with Gasteiger partial charge in [-0.1, -0.05) is 30.4 Å². The van der Waals surface area contributed by atoms with Crippen molar-refractivity contribution in [2.75, 3.05) is 23.3 Å². The van der Waals surface area contributed by atoms with Gasteiger partial charge < -0.3 is 15.0 Å². The lowest BCUT2D eigenvalue weighted by Crippen LogP contribution is -2.43. The fourth-order valence-electron chi connectivity index (χ4n) is 3.79. The number of hydrogen-bond donors (Lipinski definition) is 1. The molecule has 1 aliphatic carbocycles. The van der Waals surface area contributed by atoms with Crippen LogP contribution in [0.15, 0.2) is 36.7 Å². The number of aromatic nitrogens is 3. The zero-order chi connectivity index (χ0) is 18.2. The van der Waals surface area contributed by atoms with E-state index in [4.69, 9.17) is 4.74 Å². The van der Waals surface area contributed by atoms with Gasteiger partial charge in [0.1, 0.15) is 6.10 Å². The predicted molar refractivity (Wildman–Crippen MR) is 109 cm³/mol. The Morgan fingerprint density at radius 2 is 2.04 bits per heavy atom. The van der Waals surface area contributed by atoms with Gasteiger partial charge in [-0.25, -0.2) is 15.0 Å². The maximum Gasteiger partial charge on any atom is 0.257 e. The Kier molecular flexibility index (Phi) is 4.32. The van der Waals surface area contributed by atoms with Crippen LogP contribution in [-0.2, 0) is 0 Å². The number of ether oxygens (including phenoxy) is 1. The van der Waals surface area contributed by atoms with Crippen LogP contribution in [0, 0.1) is 5.92 Å². The average molecular weight is 382 g/mol. The summed E-state index contributed by atoms with van der Waals surface area (Å²) >= 11 is 1.71. The van der Waals surface area contributed by atoms with Crippen LogP contribution in [0.1, 0.15) is 26.2 Å². The molecule has 0 bridgehead atoms. The van der Waals surface area contributed by atoms with Gasteiger partial charge in [0, 0.05) is 44.4 Å². The smallest absolute Gasteiger partial charge is 0.257 e. The molecule has 2 fully saturated rings. The van der Waals surface area contributed by atoms with Gasteiger partial charge in [0.05, 0.1) is 10.2 Å². The third kappa shape index (κ3) is 3.43. The van der Waals surface area contributed by atoms with E-state index < -0.39 is 0 Å². The molecule has 2 aromatic heterocycles. The van der Waals surface area contributed by atoms with Gasteiger partial charge in [-0.05, 0) is 24.5 Å². The van der Waals surface area contributed by atoms with Crippen molar-refractivity contribution < 1.29 is 4.74 Å². The Bertz CT molecular complexity index is 906. The van der Waals surface area contributed by atoms with E-state index in [9.17, 15) is 0 Å². The van der Waals surface area contributed by atoms with Crippen molar-refractivity contribution in [2.24, 2.45) is 5.92 Å². The van der Waals surface area contributed by atoms with E-state index in [0.717, 1.165) is 42.4 Å². The third-order valence-corrected chi connectivity index (χ3v) is 6.33. The van der Waals surface area contributed by atoms with Crippen LogP contribution >= 0.6 is 11.3 Å². The molecule has 2 aliphatic rings. The molecule has 27 heavy (non-hydrogen) atoms. The highest BCUT2D eigenvalue weighted by atomic mass is 32.1. The fraction of sp³-hybridized carbons (Fsp3) is 0.450. The van der Waals surface area contributed by atoms with E-state index in [1.165, 1.54) is 11.1 Å². The number of fused-ring (bicyclic) bond motifs is 1. The Hall–Kier alpha value is -2.41. The minimum absolute atomic E-state index is 0.187. The molecule has 1 aromatic carbocycles. The Morgan fingerprint density at radius 1 is 1.19 bits per heavy atom. The molecule has 1 N–H and O–H groups in total. The topological polar surface area (TPSA) is 63.2 Å². The lowest BCUT2D eigenvalue weighted by molar-refractivity contribution is 0.103. The monoisotopic (exact) mass is 381 g/mol. The second kappa shape index (κ2) is 6.96. The summed E-state index contributed by atoms with van der Waals surface area (Å²) in [6.45, 7) is 4.34. The molecule has 6 nitrogen and oxygen atoms in total. The molecule has 3 aromatic rings. The van der Waals surface area contributed by atoms with Crippen molar-refractivity contribution >= 4 is 32.5 Å². The summed E-state index contributed by atoms with van der Waals surface area (Å²) in [5.41, 5.74) is 1.06. The number of nitrogens with one attached hydrogen (secondary N) is 1. The molecule has 1 saturated carbocycles. The third-order valence-electron chi connectivity index (χ3n) is 5.36. The fourth-order valence-corrected chi connectivity index (χ4v) is 4.73.